The molecule has 1 aliphatic rings. The average molecular weight is 416 g/mol. The third-order valence-corrected chi connectivity index (χ3v) is 4.82. The minimum absolute atomic E-state index is 0.171. The van der Waals surface area contributed by atoms with E-state index in [1.54, 1.807) is 36.4 Å². The molecule has 0 aliphatic carbocycles. The Bertz CT molecular complexity index is 1190. The molecule has 0 bridgehead atoms. The molecule has 0 atom stereocenters. The van der Waals surface area contributed by atoms with Gasteiger partial charge in [0.2, 0.25) is 5.78 Å². The minimum Gasteiger partial charge on any atom is -0.496 e. The number of carbonyl (C=O) groups is 2. The third-order valence-electron chi connectivity index (χ3n) is 4.82. The molecule has 4 rings (SSSR count). The van der Waals surface area contributed by atoms with Gasteiger partial charge in [0.05, 0.1) is 19.8 Å². The van der Waals surface area contributed by atoms with Gasteiger partial charge in [-0.2, -0.15) is 0 Å². The maximum absolute atomic E-state index is 12.8. The molecule has 0 saturated carbocycles. The fourth-order valence-corrected chi connectivity index (χ4v) is 3.35. The number of Topliss-reactive ketones (excluding diaryl/α,β-unsaturated/α-hetero) is 1. The van der Waals surface area contributed by atoms with Crippen LogP contribution in [-0.2, 0) is 0 Å². The first-order valence-corrected chi connectivity index (χ1v) is 9.58. The fraction of sp³-hybridized carbons (Fsp3) is 0.120. The number of ketones is 1. The standard InChI is InChI=1S/C25H20O6/c1-15-6-4-7-16(12-15)13-22-24(26)18-11-10-17(14-21(18)31-22)30-25(27)23-19(28-2)8-5-9-20(23)29-3/h4-14H,1-3H3. The molecule has 3 aromatic carbocycles. The highest BCUT2D eigenvalue weighted by Gasteiger charge is 2.28. The van der Waals surface area contributed by atoms with Crippen molar-refractivity contribution in [2.45, 2.75) is 6.92 Å². The lowest BCUT2D eigenvalue weighted by atomic mass is 10.1. The number of benzene rings is 3. The van der Waals surface area contributed by atoms with Gasteiger partial charge in [0, 0.05) is 6.07 Å². The molecule has 156 valence electrons. The largest absolute Gasteiger partial charge is 0.496 e. The van der Waals surface area contributed by atoms with Gasteiger partial charge in [-0.3, -0.25) is 4.79 Å². The lowest BCUT2D eigenvalue weighted by molar-refractivity contribution is 0.0727. The number of esters is 1. The summed E-state index contributed by atoms with van der Waals surface area (Å²) in [5, 5.41) is 0. The highest BCUT2D eigenvalue weighted by molar-refractivity contribution is 6.14. The highest BCUT2D eigenvalue weighted by atomic mass is 16.5. The van der Waals surface area contributed by atoms with Crippen LogP contribution in [0.1, 0.15) is 31.8 Å². The van der Waals surface area contributed by atoms with E-state index in [4.69, 9.17) is 18.9 Å². The molecule has 0 amide bonds. The molecule has 1 heterocycles. The fourth-order valence-electron chi connectivity index (χ4n) is 3.35. The van der Waals surface area contributed by atoms with Crippen molar-refractivity contribution in [1.29, 1.82) is 0 Å². The Morgan fingerprint density at radius 2 is 1.65 bits per heavy atom. The van der Waals surface area contributed by atoms with Gasteiger partial charge in [0.15, 0.2) is 5.76 Å². The molecule has 0 radical (unpaired) electrons. The first kappa shape index (κ1) is 20.2. The smallest absolute Gasteiger partial charge is 0.351 e. The number of rotatable bonds is 5. The van der Waals surface area contributed by atoms with Gasteiger partial charge >= 0.3 is 5.97 Å². The Morgan fingerprint density at radius 1 is 0.935 bits per heavy atom. The lowest BCUT2D eigenvalue weighted by Crippen LogP contribution is -2.12. The highest BCUT2D eigenvalue weighted by Crippen LogP contribution is 2.36. The normalized spacial score (nSPS) is 13.5. The van der Waals surface area contributed by atoms with Crippen LogP contribution < -0.4 is 18.9 Å². The van der Waals surface area contributed by atoms with Crippen molar-refractivity contribution in [2.75, 3.05) is 14.2 Å². The van der Waals surface area contributed by atoms with E-state index in [-0.39, 0.29) is 22.9 Å². The van der Waals surface area contributed by atoms with Crippen molar-refractivity contribution in [3.05, 3.63) is 88.7 Å². The molecule has 1 aliphatic heterocycles. The summed E-state index contributed by atoms with van der Waals surface area (Å²) in [6.07, 6.45) is 1.70. The van der Waals surface area contributed by atoms with Crippen molar-refractivity contribution < 1.29 is 28.5 Å². The molecule has 6 nitrogen and oxygen atoms in total. The summed E-state index contributed by atoms with van der Waals surface area (Å²) in [7, 11) is 2.92. The van der Waals surface area contributed by atoms with Gasteiger partial charge in [-0.1, -0.05) is 35.9 Å². The van der Waals surface area contributed by atoms with E-state index in [1.165, 1.54) is 20.3 Å². The Kier molecular flexibility index (Phi) is 5.45. The topological polar surface area (TPSA) is 71.1 Å². The van der Waals surface area contributed by atoms with Crippen LogP contribution in [0, 0.1) is 6.92 Å². The number of methoxy groups -OCH3 is 2. The van der Waals surface area contributed by atoms with Crippen LogP contribution in [0.15, 0.2) is 66.4 Å². The van der Waals surface area contributed by atoms with Crippen LogP contribution in [0.25, 0.3) is 6.08 Å². The molecule has 0 fully saturated rings. The second-order valence-corrected chi connectivity index (χ2v) is 6.94. The van der Waals surface area contributed by atoms with Crippen molar-refractivity contribution in [2.24, 2.45) is 0 Å². The van der Waals surface area contributed by atoms with Gasteiger partial charge < -0.3 is 18.9 Å². The van der Waals surface area contributed by atoms with E-state index in [1.807, 2.05) is 31.2 Å². The second-order valence-electron chi connectivity index (χ2n) is 6.94. The van der Waals surface area contributed by atoms with Crippen molar-refractivity contribution >= 4 is 17.8 Å². The monoisotopic (exact) mass is 416 g/mol. The molecule has 3 aromatic rings. The molecule has 0 spiro atoms. The SMILES string of the molecule is COc1cccc(OC)c1C(=O)Oc1ccc2c(c1)OC(=Cc1cccc(C)c1)C2=O. The van der Waals surface area contributed by atoms with Gasteiger partial charge in [0.25, 0.3) is 0 Å². The van der Waals surface area contributed by atoms with Crippen LogP contribution in [0.3, 0.4) is 0 Å². The first-order chi connectivity index (χ1) is 15.0. The first-order valence-electron chi connectivity index (χ1n) is 9.58. The third kappa shape index (κ3) is 4.00. The number of carbonyl (C=O) groups excluding carboxylic acids is 2. The summed E-state index contributed by atoms with van der Waals surface area (Å²) in [5.74, 6) is 0.591. The number of ether oxygens (including phenoxy) is 4. The molecule has 0 unspecified atom stereocenters. The van der Waals surface area contributed by atoms with Gasteiger partial charge in [-0.25, -0.2) is 4.79 Å². The number of hydrogen-bond acceptors (Lipinski definition) is 6. The Labute approximate surface area is 179 Å². The molecule has 0 N–H and O–H groups in total. The number of fused-ring (bicyclic) bond motifs is 1. The summed E-state index contributed by atoms with van der Waals surface area (Å²) in [5.41, 5.74) is 2.53. The summed E-state index contributed by atoms with van der Waals surface area (Å²) in [6.45, 7) is 1.98. The zero-order valence-corrected chi connectivity index (χ0v) is 17.3. The predicted octanol–water partition coefficient (Wildman–Crippen LogP) is 4.85. The van der Waals surface area contributed by atoms with Crippen LogP contribution in [-0.4, -0.2) is 26.0 Å². The zero-order valence-electron chi connectivity index (χ0n) is 17.3. The average Bonchev–Trinajstić information content (AvgIpc) is 3.07. The summed E-state index contributed by atoms with van der Waals surface area (Å²) >= 11 is 0. The molecule has 6 heteroatoms. The van der Waals surface area contributed by atoms with E-state index in [0.29, 0.717) is 22.8 Å². The summed E-state index contributed by atoms with van der Waals surface area (Å²) in [4.78, 5) is 25.4. The number of hydrogen-bond donors (Lipinski definition) is 0. The van der Waals surface area contributed by atoms with Crippen molar-refractivity contribution in [3.63, 3.8) is 0 Å². The van der Waals surface area contributed by atoms with Gasteiger partial charge in [0.1, 0.15) is 28.6 Å². The number of aryl methyl sites for hydroxylation is 1. The molecule has 31 heavy (non-hydrogen) atoms. The van der Waals surface area contributed by atoms with Gasteiger partial charge in [-0.15, -0.1) is 0 Å². The van der Waals surface area contributed by atoms with Crippen LogP contribution >= 0.6 is 0 Å². The number of allylic oxidation sites excluding steroid dienone is 1. The van der Waals surface area contributed by atoms with E-state index in [2.05, 4.69) is 0 Å². The van der Waals surface area contributed by atoms with E-state index < -0.39 is 5.97 Å². The zero-order chi connectivity index (χ0) is 22.0. The van der Waals surface area contributed by atoms with E-state index in [0.717, 1.165) is 11.1 Å². The Morgan fingerprint density at radius 3 is 2.32 bits per heavy atom. The Balaban J connectivity index is 1.59. The maximum Gasteiger partial charge on any atom is 0.351 e. The molecular formula is C25H20O6. The minimum atomic E-state index is -0.644. The quantitative estimate of drug-likeness (QED) is 0.336. The second kappa shape index (κ2) is 8.36. The maximum atomic E-state index is 12.8. The van der Waals surface area contributed by atoms with Gasteiger partial charge in [-0.05, 0) is 42.8 Å². The van der Waals surface area contributed by atoms with Crippen LogP contribution in [0.2, 0.25) is 0 Å². The molecule has 0 saturated heterocycles. The van der Waals surface area contributed by atoms with E-state index in [9.17, 15) is 9.59 Å². The van der Waals surface area contributed by atoms with Crippen molar-refractivity contribution in [1.82, 2.24) is 0 Å². The van der Waals surface area contributed by atoms with Crippen molar-refractivity contribution in [3.8, 4) is 23.0 Å². The molecule has 0 aromatic heterocycles. The predicted molar refractivity (Wildman–Crippen MR) is 115 cm³/mol. The van der Waals surface area contributed by atoms with Crippen LogP contribution in [0.4, 0.5) is 0 Å². The van der Waals surface area contributed by atoms with E-state index >= 15 is 0 Å². The molecular weight excluding hydrogens is 396 g/mol. The summed E-state index contributed by atoms with van der Waals surface area (Å²) < 4.78 is 21.8. The van der Waals surface area contributed by atoms with Crippen LogP contribution in [0.5, 0.6) is 23.0 Å². The lowest BCUT2D eigenvalue weighted by Gasteiger charge is -2.12. The Hall–Kier alpha value is -4.06. The summed E-state index contributed by atoms with van der Waals surface area (Å²) in [6, 6.07) is 17.4.